The molecule has 0 saturated heterocycles. The number of nitrogens with zero attached hydrogens (tertiary/aromatic N) is 1. The third-order valence-electron chi connectivity index (χ3n) is 2.75. The van der Waals surface area contributed by atoms with Crippen LogP contribution >= 0.6 is 12.2 Å². The van der Waals surface area contributed by atoms with Crippen molar-refractivity contribution < 1.29 is 18.0 Å². The summed E-state index contributed by atoms with van der Waals surface area (Å²) < 4.78 is 37.2. The number of alkyl halides is 3. The van der Waals surface area contributed by atoms with Crippen LogP contribution in [0.5, 0.6) is 0 Å². The lowest BCUT2D eigenvalue weighted by Crippen LogP contribution is -2.50. The summed E-state index contributed by atoms with van der Waals surface area (Å²) in [6.07, 6.45) is -3.19. The van der Waals surface area contributed by atoms with E-state index in [0.29, 0.717) is 12.8 Å². The molecule has 0 atom stereocenters. The lowest BCUT2D eigenvalue weighted by atomic mass is 9.91. The largest absolute Gasteiger partial charge is 0.406 e. The van der Waals surface area contributed by atoms with Crippen molar-refractivity contribution in [1.82, 2.24) is 4.90 Å². The van der Waals surface area contributed by atoms with Gasteiger partial charge in [0.2, 0.25) is 5.91 Å². The molecule has 0 aromatic rings. The van der Waals surface area contributed by atoms with Gasteiger partial charge in [-0.25, -0.2) is 0 Å². The first-order chi connectivity index (χ1) is 7.55. The van der Waals surface area contributed by atoms with Crippen molar-refractivity contribution in [2.45, 2.75) is 38.9 Å². The minimum atomic E-state index is -4.40. The highest BCUT2D eigenvalue weighted by atomic mass is 32.1. The number of nitrogens with two attached hydrogens (primary N) is 1. The fourth-order valence-corrected chi connectivity index (χ4v) is 1.50. The minimum absolute atomic E-state index is 0.0877. The van der Waals surface area contributed by atoms with Crippen molar-refractivity contribution in [2.24, 2.45) is 11.1 Å². The van der Waals surface area contributed by atoms with E-state index in [9.17, 15) is 18.0 Å². The first kappa shape index (κ1) is 14.2. The summed E-state index contributed by atoms with van der Waals surface area (Å²) in [5.41, 5.74) is 4.16. The average Bonchev–Trinajstić information content (AvgIpc) is 2.94. The van der Waals surface area contributed by atoms with Gasteiger partial charge in [0.1, 0.15) is 6.54 Å². The summed E-state index contributed by atoms with van der Waals surface area (Å²) in [5.74, 6) is -0.648. The third-order valence-corrected chi connectivity index (χ3v) is 3.26. The van der Waals surface area contributed by atoms with E-state index in [1.165, 1.54) is 13.8 Å². The molecule has 1 aliphatic rings. The molecule has 1 saturated carbocycles. The third kappa shape index (κ3) is 3.55. The predicted octanol–water partition coefficient (Wildman–Crippen LogP) is 1.85. The zero-order chi connectivity index (χ0) is 13.4. The summed E-state index contributed by atoms with van der Waals surface area (Å²) in [6, 6.07) is -0.322. The zero-order valence-electron chi connectivity index (χ0n) is 9.67. The van der Waals surface area contributed by atoms with Crippen LogP contribution in [-0.4, -0.2) is 34.6 Å². The van der Waals surface area contributed by atoms with Gasteiger partial charge in [-0.2, -0.15) is 13.2 Å². The molecule has 0 bridgehead atoms. The van der Waals surface area contributed by atoms with E-state index in [2.05, 4.69) is 0 Å². The highest BCUT2D eigenvalue weighted by Crippen LogP contribution is 2.33. The number of rotatable bonds is 4. The Morgan fingerprint density at radius 1 is 1.41 bits per heavy atom. The van der Waals surface area contributed by atoms with Crippen LogP contribution in [0.4, 0.5) is 13.2 Å². The molecule has 1 rings (SSSR count). The van der Waals surface area contributed by atoms with Crippen LogP contribution in [0.25, 0.3) is 0 Å². The Morgan fingerprint density at radius 3 is 2.18 bits per heavy atom. The topological polar surface area (TPSA) is 46.3 Å². The van der Waals surface area contributed by atoms with Crippen LogP contribution in [0.3, 0.4) is 0 Å². The van der Waals surface area contributed by atoms with Crippen molar-refractivity contribution in [2.75, 3.05) is 6.54 Å². The first-order valence-electron chi connectivity index (χ1n) is 5.23. The summed E-state index contributed by atoms with van der Waals surface area (Å²) in [7, 11) is 0. The second-order valence-electron chi connectivity index (χ2n) is 4.77. The summed E-state index contributed by atoms with van der Waals surface area (Å²) in [6.45, 7) is 1.66. The van der Waals surface area contributed by atoms with Crippen molar-refractivity contribution in [3.05, 3.63) is 0 Å². The van der Waals surface area contributed by atoms with Gasteiger partial charge in [0.25, 0.3) is 0 Å². The smallest absolute Gasteiger partial charge is 0.392 e. The van der Waals surface area contributed by atoms with Gasteiger partial charge in [0.15, 0.2) is 0 Å². The zero-order valence-corrected chi connectivity index (χ0v) is 10.5. The monoisotopic (exact) mass is 268 g/mol. The van der Waals surface area contributed by atoms with Gasteiger partial charge in [-0.3, -0.25) is 4.79 Å². The molecule has 17 heavy (non-hydrogen) atoms. The minimum Gasteiger partial charge on any atom is -0.392 e. The van der Waals surface area contributed by atoms with Gasteiger partial charge in [-0.15, -0.1) is 0 Å². The van der Waals surface area contributed by atoms with Crippen LogP contribution in [0.15, 0.2) is 0 Å². The molecule has 0 radical (unpaired) electrons. The molecule has 1 fully saturated rings. The number of hydrogen-bond donors (Lipinski definition) is 1. The molecular formula is C10H15F3N2OS. The molecular weight excluding hydrogens is 253 g/mol. The molecule has 0 unspecified atom stereocenters. The van der Waals surface area contributed by atoms with Gasteiger partial charge in [-0.05, 0) is 26.7 Å². The maximum absolute atomic E-state index is 12.4. The van der Waals surface area contributed by atoms with Crippen LogP contribution in [0, 0.1) is 5.41 Å². The number of carbonyl (C=O) groups is 1. The van der Waals surface area contributed by atoms with E-state index >= 15 is 0 Å². The van der Waals surface area contributed by atoms with Gasteiger partial charge >= 0.3 is 6.18 Å². The van der Waals surface area contributed by atoms with E-state index in [1.807, 2.05) is 0 Å². The van der Waals surface area contributed by atoms with Crippen molar-refractivity contribution in [1.29, 1.82) is 0 Å². The van der Waals surface area contributed by atoms with Gasteiger partial charge < -0.3 is 10.6 Å². The number of amides is 1. The molecule has 0 heterocycles. The van der Waals surface area contributed by atoms with E-state index in [1.54, 1.807) is 0 Å². The van der Waals surface area contributed by atoms with Crippen LogP contribution in [0.2, 0.25) is 0 Å². The maximum atomic E-state index is 12.4. The molecule has 1 aliphatic carbocycles. The normalized spacial score (nSPS) is 16.8. The molecule has 0 aliphatic heterocycles. The quantitative estimate of drug-likeness (QED) is 0.792. The summed E-state index contributed by atoms with van der Waals surface area (Å²) >= 11 is 4.72. The Balaban J connectivity index is 2.85. The molecule has 0 aromatic heterocycles. The number of thiocarbonyl (C=S) groups is 1. The molecule has 98 valence electrons. The highest BCUT2D eigenvalue weighted by molar-refractivity contribution is 7.80. The lowest BCUT2D eigenvalue weighted by Gasteiger charge is -2.31. The van der Waals surface area contributed by atoms with Gasteiger partial charge in [0.05, 0.1) is 10.4 Å². The lowest BCUT2D eigenvalue weighted by molar-refractivity contribution is -0.165. The molecule has 7 heteroatoms. The fourth-order valence-electron chi connectivity index (χ4n) is 1.41. The van der Waals surface area contributed by atoms with Gasteiger partial charge in [-0.1, -0.05) is 12.2 Å². The average molecular weight is 268 g/mol. The van der Waals surface area contributed by atoms with Crippen molar-refractivity contribution in [3.63, 3.8) is 0 Å². The molecule has 0 aromatic carbocycles. The Labute approximate surface area is 103 Å². The van der Waals surface area contributed by atoms with Crippen molar-refractivity contribution >= 4 is 23.1 Å². The molecule has 1 amide bonds. The number of carbonyl (C=O) groups excluding carboxylic acids is 1. The van der Waals surface area contributed by atoms with E-state index < -0.39 is 24.0 Å². The van der Waals surface area contributed by atoms with Gasteiger partial charge in [0, 0.05) is 6.04 Å². The molecule has 0 spiro atoms. The second-order valence-corrected chi connectivity index (χ2v) is 5.21. The maximum Gasteiger partial charge on any atom is 0.406 e. The van der Waals surface area contributed by atoms with E-state index in [-0.39, 0.29) is 11.0 Å². The Kier molecular flexibility index (Phi) is 3.71. The number of hydrogen-bond acceptors (Lipinski definition) is 2. The summed E-state index contributed by atoms with van der Waals surface area (Å²) in [4.78, 5) is 12.8. The fraction of sp³-hybridized carbons (Fsp3) is 0.800. The summed E-state index contributed by atoms with van der Waals surface area (Å²) in [5, 5.41) is 0. The Bertz CT molecular complexity index is 337. The van der Waals surface area contributed by atoms with Crippen LogP contribution < -0.4 is 5.73 Å². The van der Waals surface area contributed by atoms with Crippen LogP contribution in [-0.2, 0) is 4.79 Å². The molecule has 3 nitrogen and oxygen atoms in total. The van der Waals surface area contributed by atoms with E-state index in [4.69, 9.17) is 18.0 Å². The van der Waals surface area contributed by atoms with E-state index in [0.717, 1.165) is 4.90 Å². The Morgan fingerprint density at radius 2 is 1.88 bits per heavy atom. The van der Waals surface area contributed by atoms with Crippen LogP contribution in [0.1, 0.15) is 26.7 Å². The Hall–Kier alpha value is -0.850. The highest BCUT2D eigenvalue weighted by Gasteiger charge is 2.45. The first-order valence-corrected chi connectivity index (χ1v) is 5.64. The SMILES string of the molecule is CC(C)(C(=O)N(CC(F)(F)F)C1CC1)C(N)=S. The second kappa shape index (κ2) is 4.44. The standard InChI is InChI=1S/C10H15F3N2OS/c1-9(2,7(14)17)8(16)15(6-3-4-6)5-10(11,12)13/h6H,3-5H2,1-2H3,(H2,14,17). The predicted molar refractivity (Wildman–Crippen MR) is 61.4 cm³/mol. The number of halogens is 3. The molecule has 2 N–H and O–H groups in total. The van der Waals surface area contributed by atoms with Crippen molar-refractivity contribution in [3.8, 4) is 0 Å².